The van der Waals surface area contributed by atoms with Gasteiger partial charge < -0.3 is 4.98 Å². The van der Waals surface area contributed by atoms with Crippen LogP contribution < -0.4 is 0 Å². The average Bonchev–Trinajstić information content (AvgIpc) is 2.70. The van der Waals surface area contributed by atoms with Crippen LogP contribution >= 0.6 is 0 Å². The van der Waals surface area contributed by atoms with Gasteiger partial charge in [0.1, 0.15) is 0 Å². The number of nitrogens with zero attached hydrogens (tertiary/aromatic N) is 1. The zero-order valence-electron chi connectivity index (χ0n) is 13.5. The second-order valence-electron chi connectivity index (χ2n) is 5.66. The summed E-state index contributed by atoms with van der Waals surface area (Å²) >= 11 is 0. The van der Waals surface area contributed by atoms with Crippen LogP contribution in [0.2, 0.25) is 0 Å². The van der Waals surface area contributed by atoms with E-state index in [0.717, 1.165) is 16.8 Å². The predicted octanol–water partition coefficient (Wildman–Crippen LogP) is 5.88. The Kier molecular flexibility index (Phi) is 5.55. The molecule has 4 aromatic rings. The van der Waals surface area contributed by atoms with Crippen LogP contribution in [0.5, 0.6) is 0 Å². The van der Waals surface area contributed by atoms with Crippen molar-refractivity contribution in [1.29, 1.82) is 0 Å². The van der Waals surface area contributed by atoms with Gasteiger partial charge in [-0.15, -0.1) is 29.8 Å². The third kappa shape index (κ3) is 3.93. The van der Waals surface area contributed by atoms with Gasteiger partial charge in [0.2, 0.25) is 0 Å². The minimum Gasteiger partial charge on any atom is -0.304 e. The molecule has 0 amide bonds. The molecule has 0 fully saturated rings. The molecule has 0 saturated carbocycles. The van der Waals surface area contributed by atoms with Crippen molar-refractivity contribution >= 4 is 0 Å². The van der Waals surface area contributed by atoms with E-state index >= 15 is 0 Å². The molecule has 1 aromatic heterocycles. The van der Waals surface area contributed by atoms with Crippen LogP contribution in [0.3, 0.4) is 0 Å². The van der Waals surface area contributed by atoms with E-state index in [2.05, 4.69) is 59.6 Å². The SMILES string of the molecule is [Ir].[c-]1cc(-c2ccccc2)ccc1-c1ccc(-c2ccccc2)cn1. The third-order valence-corrected chi connectivity index (χ3v) is 4.07. The maximum absolute atomic E-state index is 4.60. The van der Waals surface area contributed by atoms with Crippen molar-refractivity contribution in [3.8, 4) is 33.5 Å². The van der Waals surface area contributed by atoms with Gasteiger partial charge >= 0.3 is 0 Å². The molecule has 0 atom stereocenters. The minimum atomic E-state index is 0. The molecule has 2 heteroatoms. The molecule has 0 saturated heterocycles. The Balaban J connectivity index is 0.00000182. The Morgan fingerprint density at radius 2 is 1.16 bits per heavy atom. The van der Waals surface area contributed by atoms with E-state index in [1.165, 1.54) is 16.7 Å². The molecular formula is C23H16IrN-. The van der Waals surface area contributed by atoms with Crippen molar-refractivity contribution in [2.45, 2.75) is 0 Å². The molecule has 1 heterocycles. The normalized spacial score (nSPS) is 10.1. The Morgan fingerprint density at radius 1 is 0.560 bits per heavy atom. The average molecular weight is 499 g/mol. The fourth-order valence-electron chi connectivity index (χ4n) is 2.75. The van der Waals surface area contributed by atoms with Gasteiger partial charge in [-0.25, -0.2) is 0 Å². The van der Waals surface area contributed by atoms with Gasteiger partial charge in [0.05, 0.1) is 0 Å². The van der Waals surface area contributed by atoms with Crippen molar-refractivity contribution in [2.24, 2.45) is 0 Å². The summed E-state index contributed by atoms with van der Waals surface area (Å²) in [5, 5.41) is 0. The predicted molar refractivity (Wildman–Crippen MR) is 99.4 cm³/mol. The summed E-state index contributed by atoms with van der Waals surface area (Å²) in [6, 6.07) is 34.4. The van der Waals surface area contributed by atoms with E-state index < -0.39 is 0 Å². The second kappa shape index (κ2) is 8.02. The molecule has 0 aliphatic heterocycles. The molecule has 1 radical (unpaired) electrons. The zero-order chi connectivity index (χ0) is 16.2. The smallest absolute Gasteiger partial charge is 0.0239 e. The van der Waals surface area contributed by atoms with Crippen molar-refractivity contribution in [1.82, 2.24) is 4.98 Å². The fraction of sp³-hybridized carbons (Fsp3) is 0. The molecule has 0 aliphatic rings. The molecule has 4 rings (SSSR count). The van der Waals surface area contributed by atoms with Crippen LogP contribution in [0.1, 0.15) is 0 Å². The molecule has 0 aliphatic carbocycles. The summed E-state index contributed by atoms with van der Waals surface area (Å²) in [5.74, 6) is 0. The number of hydrogen-bond acceptors (Lipinski definition) is 1. The van der Waals surface area contributed by atoms with E-state index in [0.29, 0.717) is 0 Å². The fourth-order valence-corrected chi connectivity index (χ4v) is 2.75. The van der Waals surface area contributed by atoms with Gasteiger partial charge in [-0.1, -0.05) is 83.9 Å². The maximum Gasteiger partial charge on any atom is 0.0239 e. The van der Waals surface area contributed by atoms with Gasteiger partial charge in [-0.2, -0.15) is 0 Å². The van der Waals surface area contributed by atoms with Crippen LogP contribution in [0.25, 0.3) is 33.5 Å². The number of benzene rings is 3. The number of hydrogen-bond donors (Lipinski definition) is 0. The topological polar surface area (TPSA) is 12.9 Å². The molecule has 123 valence electrons. The van der Waals surface area contributed by atoms with Gasteiger partial charge in [0.15, 0.2) is 0 Å². The largest absolute Gasteiger partial charge is 0.304 e. The Labute approximate surface area is 161 Å². The van der Waals surface area contributed by atoms with Crippen LogP contribution in [0.15, 0.2) is 97.2 Å². The van der Waals surface area contributed by atoms with Crippen molar-refractivity contribution in [2.75, 3.05) is 0 Å². The molecule has 0 spiro atoms. The first-order valence-corrected chi connectivity index (χ1v) is 7.99. The van der Waals surface area contributed by atoms with Gasteiger partial charge in [0.25, 0.3) is 0 Å². The molecule has 0 N–H and O–H groups in total. The van der Waals surface area contributed by atoms with Crippen LogP contribution in [-0.2, 0) is 20.1 Å². The molecule has 0 bridgehead atoms. The first-order valence-electron chi connectivity index (χ1n) is 7.99. The Bertz CT molecular complexity index is 834. The number of rotatable bonds is 3. The van der Waals surface area contributed by atoms with Crippen molar-refractivity contribution in [3.63, 3.8) is 0 Å². The zero-order valence-corrected chi connectivity index (χ0v) is 15.9. The first kappa shape index (κ1) is 17.3. The van der Waals surface area contributed by atoms with E-state index in [-0.39, 0.29) is 20.1 Å². The van der Waals surface area contributed by atoms with E-state index in [1.807, 2.05) is 48.7 Å². The summed E-state index contributed by atoms with van der Waals surface area (Å²) in [7, 11) is 0. The standard InChI is InChI=1S/C23H16N.Ir/c1-3-7-18(8-4-1)20-11-13-21(14-12-20)23-16-15-22(17-24-23)19-9-5-2-6-10-19;/h1-13,15-17H;/q-1;. The summed E-state index contributed by atoms with van der Waals surface area (Å²) in [6.45, 7) is 0. The van der Waals surface area contributed by atoms with Crippen LogP contribution in [-0.4, -0.2) is 4.98 Å². The van der Waals surface area contributed by atoms with Crippen molar-refractivity contribution in [3.05, 3.63) is 103 Å². The first-order chi connectivity index (χ1) is 11.9. The van der Waals surface area contributed by atoms with Crippen molar-refractivity contribution < 1.29 is 20.1 Å². The molecular weight excluding hydrogens is 482 g/mol. The Hall–Kier alpha value is -2.54. The summed E-state index contributed by atoms with van der Waals surface area (Å²) in [5.41, 5.74) is 6.62. The second-order valence-corrected chi connectivity index (χ2v) is 5.66. The minimum absolute atomic E-state index is 0. The summed E-state index contributed by atoms with van der Waals surface area (Å²) in [4.78, 5) is 4.60. The third-order valence-electron chi connectivity index (χ3n) is 4.07. The Morgan fingerprint density at radius 3 is 1.68 bits per heavy atom. The van der Waals surface area contributed by atoms with Gasteiger partial charge in [-0.05, 0) is 16.8 Å². The monoisotopic (exact) mass is 499 g/mol. The van der Waals surface area contributed by atoms with E-state index in [1.54, 1.807) is 0 Å². The van der Waals surface area contributed by atoms with Gasteiger partial charge in [0, 0.05) is 26.3 Å². The number of aromatic nitrogens is 1. The molecule has 3 aromatic carbocycles. The summed E-state index contributed by atoms with van der Waals surface area (Å²) in [6.07, 6.45) is 1.92. The van der Waals surface area contributed by atoms with E-state index in [4.69, 9.17) is 0 Å². The number of pyridine rings is 1. The quantitative estimate of drug-likeness (QED) is 0.322. The molecule has 25 heavy (non-hydrogen) atoms. The van der Waals surface area contributed by atoms with Crippen LogP contribution in [0, 0.1) is 6.07 Å². The van der Waals surface area contributed by atoms with Crippen LogP contribution in [0.4, 0.5) is 0 Å². The maximum atomic E-state index is 4.60. The molecule has 1 nitrogen and oxygen atoms in total. The van der Waals surface area contributed by atoms with E-state index in [9.17, 15) is 0 Å². The van der Waals surface area contributed by atoms with Gasteiger partial charge in [-0.3, -0.25) is 0 Å². The summed E-state index contributed by atoms with van der Waals surface area (Å²) < 4.78 is 0. The molecule has 0 unspecified atom stereocenters.